The van der Waals surface area contributed by atoms with Crippen LogP contribution in [0.2, 0.25) is 0 Å². The molecular weight excluding hydrogens is 176 g/mol. The van der Waals surface area contributed by atoms with Gasteiger partial charge in [0.05, 0.1) is 0 Å². The van der Waals surface area contributed by atoms with Gasteiger partial charge in [0.1, 0.15) is 0 Å². The van der Waals surface area contributed by atoms with Crippen LogP contribution in [0.3, 0.4) is 0 Å². The molecule has 1 amide bonds. The molecule has 3 atom stereocenters. The van der Waals surface area contributed by atoms with Crippen LogP contribution in [0.4, 0.5) is 0 Å². The topological polar surface area (TPSA) is 46.3 Å². The number of nitrogens with two attached hydrogens (primary N) is 1. The van der Waals surface area contributed by atoms with Crippen LogP contribution in [0, 0.1) is 5.92 Å². The molecule has 1 aliphatic heterocycles. The van der Waals surface area contributed by atoms with Crippen LogP contribution >= 0.6 is 0 Å². The Bertz CT molecular complexity index is 205. The van der Waals surface area contributed by atoms with Crippen molar-refractivity contribution >= 4 is 5.91 Å². The van der Waals surface area contributed by atoms with Gasteiger partial charge in [-0.05, 0) is 19.3 Å². The molecule has 3 unspecified atom stereocenters. The zero-order valence-electron chi connectivity index (χ0n) is 9.49. The molecule has 3 heteroatoms. The number of hydrogen-bond acceptors (Lipinski definition) is 2. The molecule has 1 rings (SSSR count). The first-order valence-corrected chi connectivity index (χ1v) is 5.61. The van der Waals surface area contributed by atoms with Crippen molar-refractivity contribution in [3.05, 3.63) is 0 Å². The summed E-state index contributed by atoms with van der Waals surface area (Å²) in [6, 6.07) is 0.377. The molecule has 0 aromatic rings. The third-order valence-electron chi connectivity index (χ3n) is 3.33. The number of nitrogens with zero attached hydrogens (tertiary/aromatic N) is 1. The zero-order valence-corrected chi connectivity index (χ0v) is 9.49. The van der Waals surface area contributed by atoms with Crippen LogP contribution in [-0.2, 0) is 4.79 Å². The Kier molecular flexibility index (Phi) is 3.93. The summed E-state index contributed by atoms with van der Waals surface area (Å²) < 4.78 is 0. The fourth-order valence-corrected chi connectivity index (χ4v) is 1.87. The summed E-state index contributed by atoms with van der Waals surface area (Å²) in [5.74, 6) is 0.853. The van der Waals surface area contributed by atoms with Gasteiger partial charge in [-0.1, -0.05) is 20.3 Å². The molecular formula is C11H22N2O. The summed E-state index contributed by atoms with van der Waals surface area (Å²) >= 11 is 0. The van der Waals surface area contributed by atoms with Crippen molar-refractivity contribution in [3.63, 3.8) is 0 Å². The predicted molar refractivity (Wildman–Crippen MR) is 57.8 cm³/mol. The minimum Gasteiger partial charge on any atom is -0.338 e. The van der Waals surface area contributed by atoms with Gasteiger partial charge in [0.2, 0.25) is 5.91 Å². The molecule has 0 aliphatic carbocycles. The van der Waals surface area contributed by atoms with E-state index < -0.39 is 0 Å². The summed E-state index contributed by atoms with van der Waals surface area (Å²) in [5, 5.41) is 0. The van der Waals surface area contributed by atoms with Crippen molar-refractivity contribution in [2.24, 2.45) is 11.7 Å². The minimum atomic E-state index is 0.164. The third-order valence-corrected chi connectivity index (χ3v) is 3.33. The van der Waals surface area contributed by atoms with Crippen molar-refractivity contribution < 1.29 is 4.79 Å². The smallest absolute Gasteiger partial charge is 0.222 e. The normalized spacial score (nSPS) is 30.6. The molecule has 1 saturated heterocycles. The molecule has 0 bridgehead atoms. The summed E-state index contributed by atoms with van der Waals surface area (Å²) in [7, 11) is 0. The second-order valence-electron chi connectivity index (χ2n) is 4.50. The number of amides is 1. The predicted octanol–water partition coefficient (Wildman–Crippen LogP) is 1.37. The molecule has 0 aromatic heterocycles. The second kappa shape index (κ2) is 4.78. The largest absolute Gasteiger partial charge is 0.338 e. The van der Waals surface area contributed by atoms with Crippen LogP contribution in [0.1, 0.15) is 40.0 Å². The quantitative estimate of drug-likeness (QED) is 0.744. The highest BCUT2D eigenvalue weighted by Crippen LogP contribution is 2.19. The van der Waals surface area contributed by atoms with E-state index >= 15 is 0 Å². The third kappa shape index (κ3) is 2.47. The van der Waals surface area contributed by atoms with Crippen LogP contribution in [0.15, 0.2) is 0 Å². The van der Waals surface area contributed by atoms with E-state index in [-0.39, 0.29) is 18.0 Å². The van der Waals surface area contributed by atoms with E-state index in [4.69, 9.17) is 5.73 Å². The number of piperidine rings is 1. The molecule has 2 N–H and O–H groups in total. The Morgan fingerprint density at radius 2 is 2.29 bits per heavy atom. The van der Waals surface area contributed by atoms with E-state index in [9.17, 15) is 4.79 Å². The standard InChI is InChI=1S/C11H22N2O/c1-4-8(2)7-13-9(3)10(12)5-6-11(13)14/h8-10H,4-7,12H2,1-3H3. The molecule has 14 heavy (non-hydrogen) atoms. The van der Waals surface area contributed by atoms with Crippen LogP contribution in [0.5, 0.6) is 0 Å². The van der Waals surface area contributed by atoms with Gasteiger partial charge in [-0.25, -0.2) is 0 Å². The Morgan fingerprint density at radius 3 is 2.86 bits per heavy atom. The van der Waals surface area contributed by atoms with E-state index in [1.165, 1.54) is 0 Å². The van der Waals surface area contributed by atoms with E-state index in [1.54, 1.807) is 0 Å². The Labute approximate surface area is 86.6 Å². The minimum absolute atomic E-state index is 0.164. The Hall–Kier alpha value is -0.570. The van der Waals surface area contributed by atoms with Crippen molar-refractivity contribution in [2.75, 3.05) is 6.54 Å². The highest BCUT2D eigenvalue weighted by molar-refractivity contribution is 5.77. The van der Waals surface area contributed by atoms with Gasteiger partial charge in [0, 0.05) is 25.0 Å². The van der Waals surface area contributed by atoms with E-state index in [0.717, 1.165) is 19.4 Å². The van der Waals surface area contributed by atoms with Gasteiger partial charge in [0.25, 0.3) is 0 Å². The van der Waals surface area contributed by atoms with E-state index in [2.05, 4.69) is 20.8 Å². The monoisotopic (exact) mass is 198 g/mol. The number of hydrogen-bond donors (Lipinski definition) is 1. The highest BCUT2D eigenvalue weighted by Gasteiger charge is 2.30. The summed E-state index contributed by atoms with van der Waals surface area (Å²) in [6.07, 6.45) is 2.59. The number of carbonyl (C=O) groups excluding carboxylic acids is 1. The lowest BCUT2D eigenvalue weighted by Gasteiger charge is -2.38. The van der Waals surface area contributed by atoms with Gasteiger partial charge >= 0.3 is 0 Å². The average Bonchev–Trinajstić information content (AvgIpc) is 2.18. The van der Waals surface area contributed by atoms with Gasteiger partial charge in [-0.2, -0.15) is 0 Å². The molecule has 1 heterocycles. The van der Waals surface area contributed by atoms with Gasteiger partial charge in [-0.3, -0.25) is 4.79 Å². The van der Waals surface area contributed by atoms with Gasteiger partial charge < -0.3 is 10.6 Å². The van der Waals surface area contributed by atoms with E-state index in [1.807, 2.05) is 4.90 Å². The lowest BCUT2D eigenvalue weighted by Crippen LogP contribution is -2.54. The fraction of sp³-hybridized carbons (Fsp3) is 0.909. The molecule has 0 aromatic carbocycles. The van der Waals surface area contributed by atoms with Crippen LogP contribution < -0.4 is 5.73 Å². The molecule has 1 aliphatic rings. The lowest BCUT2D eigenvalue weighted by molar-refractivity contribution is -0.137. The molecule has 82 valence electrons. The summed E-state index contributed by atoms with van der Waals surface area (Å²) in [5.41, 5.74) is 5.95. The number of carbonyl (C=O) groups is 1. The van der Waals surface area contributed by atoms with Gasteiger partial charge in [-0.15, -0.1) is 0 Å². The first-order valence-electron chi connectivity index (χ1n) is 5.61. The van der Waals surface area contributed by atoms with Crippen molar-refractivity contribution in [1.82, 2.24) is 4.90 Å². The summed E-state index contributed by atoms with van der Waals surface area (Å²) in [4.78, 5) is 13.6. The maximum Gasteiger partial charge on any atom is 0.222 e. The second-order valence-corrected chi connectivity index (χ2v) is 4.50. The Balaban J connectivity index is 2.58. The molecule has 0 saturated carbocycles. The van der Waals surface area contributed by atoms with Crippen molar-refractivity contribution in [3.8, 4) is 0 Å². The maximum atomic E-state index is 11.7. The summed E-state index contributed by atoms with van der Waals surface area (Å²) in [6.45, 7) is 7.26. The van der Waals surface area contributed by atoms with Crippen molar-refractivity contribution in [2.45, 2.75) is 52.1 Å². The molecule has 0 spiro atoms. The molecule has 1 fully saturated rings. The Morgan fingerprint density at radius 1 is 1.64 bits per heavy atom. The zero-order chi connectivity index (χ0) is 10.7. The van der Waals surface area contributed by atoms with Crippen molar-refractivity contribution in [1.29, 1.82) is 0 Å². The highest BCUT2D eigenvalue weighted by atomic mass is 16.2. The lowest BCUT2D eigenvalue weighted by atomic mass is 9.96. The average molecular weight is 198 g/mol. The fourth-order valence-electron chi connectivity index (χ4n) is 1.87. The van der Waals surface area contributed by atoms with Crippen LogP contribution in [-0.4, -0.2) is 29.4 Å². The maximum absolute atomic E-state index is 11.7. The molecule has 3 nitrogen and oxygen atoms in total. The SMILES string of the molecule is CCC(C)CN1C(=O)CCC(N)C1C. The van der Waals surface area contributed by atoms with Gasteiger partial charge in [0.15, 0.2) is 0 Å². The van der Waals surface area contributed by atoms with Crippen LogP contribution in [0.25, 0.3) is 0 Å². The first kappa shape index (κ1) is 11.5. The number of likely N-dealkylation sites (tertiary alicyclic amines) is 1. The molecule has 0 radical (unpaired) electrons. The van der Waals surface area contributed by atoms with E-state index in [0.29, 0.717) is 12.3 Å². The first-order chi connectivity index (χ1) is 6.56. The number of rotatable bonds is 3.